The van der Waals surface area contributed by atoms with Gasteiger partial charge in [0.1, 0.15) is 5.75 Å². The van der Waals surface area contributed by atoms with Crippen LogP contribution in [0.15, 0.2) is 41.8 Å². The van der Waals surface area contributed by atoms with Crippen molar-refractivity contribution in [2.45, 2.75) is 25.7 Å². The maximum absolute atomic E-state index is 6.09. The monoisotopic (exact) mass is 346 g/mol. The van der Waals surface area contributed by atoms with Crippen molar-refractivity contribution in [1.29, 1.82) is 0 Å². The van der Waals surface area contributed by atoms with E-state index < -0.39 is 8.32 Å². The molecule has 1 aromatic carbocycles. The molecule has 1 aliphatic heterocycles. The Labute approximate surface area is 144 Å². The van der Waals surface area contributed by atoms with Gasteiger partial charge in [0.15, 0.2) is 0 Å². The van der Waals surface area contributed by atoms with Crippen molar-refractivity contribution in [2.24, 2.45) is 0 Å². The first kappa shape index (κ1) is 16.7. The van der Waals surface area contributed by atoms with Crippen molar-refractivity contribution in [3.8, 4) is 5.75 Å². The lowest BCUT2D eigenvalue weighted by Gasteiger charge is -2.35. The SMILES string of the molecule is C[Si](C)(C)Oc1ccc([C@@H](c2cccs2)N2CCNCC2)cc1. The fourth-order valence-corrected chi connectivity index (χ4v) is 4.74. The van der Waals surface area contributed by atoms with E-state index in [9.17, 15) is 0 Å². The second-order valence-electron chi connectivity index (χ2n) is 6.99. The summed E-state index contributed by atoms with van der Waals surface area (Å²) < 4.78 is 6.09. The van der Waals surface area contributed by atoms with E-state index in [1.807, 2.05) is 11.3 Å². The normalized spacial score (nSPS) is 17.9. The maximum atomic E-state index is 6.09. The average molecular weight is 347 g/mol. The number of nitrogens with zero attached hydrogens (tertiary/aromatic N) is 1. The van der Waals surface area contributed by atoms with Gasteiger partial charge >= 0.3 is 0 Å². The third-order valence-electron chi connectivity index (χ3n) is 3.95. The standard InChI is InChI=1S/C18H26N2OSSi/c1-23(2,3)21-16-8-6-15(7-9-16)18(17-5-4-14-22-17)20-12-10-19-11-13-20/h4-9,14,18-19H,10-13H2,1-3H3/t18-/m0/s1. The van der Waals surface area contributed by atoms with Gasteiger partial charge in [-0.25, -0.2) is 0 Å². The van der Waals surface area contributed by atoms with Crippen LogP contribution >= 0.6 is 11.3 Å². The van der Waals surface area contributed by atoms with Crippen LogP contribution in [0, 0.1) is 0 Å². The van der Waals surface area contributed by atoms with Gasteiger partial charge in [-0.3, -0.25) is 4.90 Å². The van der Waals surface area contributed by atoms with Crippen molar-refractivity contribution < 1.29 is 4.43 Å². The highest BCUT2D eigenvalue weighted by atomic mass is 32.1. The van der Waals surface area contributed by atoms with Gasteiger partial charge < -0.3 is 9.74 Å². The van der Waals surface area contributed by atoms with Gasteiger partial charge in [-0.05, 0) is 48.8 Å². The molecule has 2 heterocycles. The zero-order valence-electron chi connectivity index (χ0n) is 14.2. The minimum Gasteiger partial charge on any atom is -0.544 e. The summed E-state index contributed by atoms with van der Waals surface area (Å²) in [6.45, 7) is 11.0. The molecule has 1 saturated heterocycles. The lowest BCUT2D eigenvalue weighted by Crippen LogP contribution is -2.45. The molecule has 0 aliphatic carbocycles. The molecule has 1 aliphatic rings. The molecule has 124 valence electrons. The van der Waals surface area contributed by atoms with Crippen LogP contribution in [0.4, 0.5) is 0 Å². The number of piperazine rings is 1. The Balaban J connectivity index is 1.84. The van der Waals surface area contributed by atoms with E-state index >= 15 is 0 Å². The lowest BCUT2D eigenvalue weighted by molar-refractivity contribution is 0.200. The zero-order chi connectivity index (χ0) is 16.3. The van der Waals surface area contributed by atoms with Gasteiger partial charge in [-0.15, -0.1) is 11.3 Å². The Hall–Kier alpha value is -1.14. The van der Waals surface area contributed by atoms with Gasteiger partial charge in [-0.1, -0.05) is 18.2 Å². The molecular formula is C18H26N2OSSi. The van der Waals surface area contributed by atoms with E-state index in [0.717, 1.165) is 31.9 Å². The van der Waals surface area contributed by atoms with Crippen LogP contribution in [0.1, 0.15) is 16.5 Å². The fraction of sp³-hybridized carbons (Fsp3) is 0.444. The molecule has 23 heavy (non-hydrogen) atoms. The first-order valence-electron chi connectivity index (χ1n) is 8.30. The maximum Gasteiger partial charge on any atom is 0.242 e. The second kappa shape index (κ2) is 7.17. The molecule has 0 spiro atoms. The molecule has 1 fully saturated rings. The van der Waals surface area contributed by atoms with Gasteiger partial charge in [0, 0.05) is 31.1 Å². The van der Waals surface area contributed by atoms with E-state index in [0.29, 0.717) is 6.04 Å². The summed E-state index contributed by atoms with van der Waals surface area (Å²) >= 11 is 1.85. The predicted octanol–water partition coefficient (Wildman–Crippen LogP) is 3.96. The van der Waals surface area contributed by atoms with Crippen molar-refractivity contribution in [3.63, 3.8) is 0 Å². The minimum absolute atomic E-state index is 0.359. The third kappa shape index (κ3) is 4.44. The molecule has 2 aromatic rings. The van der Waals surface area contributed by atoms with Crippen molar-refractivity contribution >= 4 is 19.7 Å². The van der Waals surface area contributed by atoms with Crippen LogP contribution in [-0.2, 0) is 0 Å². The van der Waals surface area contributed by atoms with Crippen LogP contribution < -0.4 is 9.74 Å². The molecule has 1 aromatic heterocycles. The van der Waals surface area contributed by atoms with E-state index in [1.54, 1.807) is 0 Å². The highest BCUT2D eigenvalue weighted by Crippen LogP contribution is 2.33. The largest absolute Gasteiger partial charge is 0.544 e. The number of rotatable bonds is 5. The van der Waals surface area contributed by atoms with Crippen molar-refractivity contribution in [2.75, 3.05) is 26.2 Å². The smallest absolute Gasteiger partial charge is 0.242 e. The van der Waals surface area contributed by atoms with Crippen LogP contribution in [0.2, 0.25) is 19.6 Å². The fourth-order valence-electron chi connectivity index (χ4n) is 3.01. The topological polar surface area (TPSA) is 24.5 Å². The Morgan fingerprint density at radius 2 is 1.78 bits per heavy atom. The van der Waals surface area contributed by atoms with E-state index in [1.165, 1.54) is 10.4 Å². The predicted molar refractivity (Wildman–Crippen MR) is 101 cm³/mol. The molecule has 3 nitrogen and oxygen atoms in total. The van der Waals surface area contributed by atoms with E-state index in [4.69, 9.17) is 4.43 Å². The Kier molecular flexibility index (Phi) is 5.21. The van der Waals surface area contributed by atoms with Crippen LogP contribution in [-0.4, -0.2) is 39.4 Å². The number of benzene rings is 1. The molecular weight excluding hydrogens is 320 g/mol. The third-order valence-corrected chi connectivity index (χ3v) is 5.72. The van der Waals surface area contributed by atoms with Crippen LogP contribution in [0.25, 0.3) is 0 Å². The second-order valence-corrected chi connectivity index (χ2v) is 12.4. The molecule has 1 atom stereocenters. The Morgan fingerprint density at radius 1 is 1.09 bits per heavy atom. The number of thiophene rings is 1. The molecule has 0 radical (unpaired) electrons. The van der Waals surface area contributed by atoms with Gasteiger partial charge in [0.05, 0.1) is 6.04 Å². The summed E-state index contributed by atoms with van der Waals surface area (Å²) in [7, 11) is -1.54. The zero-order valence-corrected chi connectivity index (χ0v) is 16.0. The van der Waals surface area contributed by atoms with Crippen LogP contribution in [0.3, 0.4) is 0 Å². The quantitative estimate of drug-likeness (QED) is 0.830. The summed E-state index contributed by atoms with van der Waals surface area (Å²) in [4.78, 5) is 4.00. The van der Waals surface area contributed by atoms with Crippen molar-refractivity contribution in [3.05, 3.63) is 52.2 Å². The molecule has 0 bridgehead atoms. The summed E-state index contributed by atoms with van der Waals surface area (Å²) in [5.41, 5.74) is 1.36. The molecule has 1 N–H and O–H groups in total. The summed E-state index contributed by atoms with van der Waals surface area (Å²) in [5.74, 6) is 0.998. The highest BCUT2D eigenvalue weighted by molar-refractivity contribution is 7.10. The van der Waals surface area contributed by atoms with Crippen molar-refractivity contribution in [1.82, 2.24) is 10.2 Å². The van der Waals surface area contributed by atoms with Gasteiger partial charge in [-0.2, -0.15) is 0 Å². The molecule has 0 unspecified atom stereocenters. The van der Waals surface area contributed by atoms with E-state index in [-0.39, 0.29) is 0 Å². The average Bonchev–Trinajstić information content (AvgIpc) is 3.03. The molecule has 0 amide bonds. The highest BCUT2D eigenvalue weighted by Gasteiger charge is 2.25. The first-order valence-corrected chi connectivity index (χ1v) is 12.6. The minimum atomic E-state index is -1.54. The summed E-state index contributed by atoms with van der Waals surface area (Å²) in [6.07, 6.45) is 0. The number of hydrogen-bond donors (Lipinski definition) is 1. The Bertz CT molecular complexity index is 601. The number of hydrogen-bond acceptors (Lipinski definition) is 4. The summed E-state index contributed by atoms with van der Waals surface area (Å²) in [6, 6.07) is 13.5. The molecule has 5 heteroatoms. The van der Waals surface area contributed by atoms with Gasteiger partial charge in [0.25, 0.3) is 0 Å². The number of nitrogens with one attached hydrogen (secondary N) is 1. The lowest BCUT2D eigenvalue weighted by atomic mass is 10.0. The van der Waals surface area contributed by atoms with Crippen LogP contribution in [0.5, 0.6) is 5.75 Å². The Morgan fingerprint density at radius 3 is 2.35 bits per heavy atom. The molecule has 0 saturated carbocycles. The van der Waals surface area contributed by atoms with E-state index in [2.05, 4.69) is 71.6 Å². The summed E-state index contributed by atoms with van der Waals surface area (Å²) in [5, 5.41) is 5.62. The molecule has 3 rings (SSSR count). The first-order chi connectivity index (χ1) is 11.0. The van der Waals surface area contributed by atoms with Gasteiger partial charge in [0.2, 0.25) is 8.32 Å².